The van der Waals surface area contributed by atoms with Gasteiger partial charge in [-0.1, -0.05) is 17.7 Å². The van der Waals surface area contributed by atoms with E-state index in [1.54, 1.807) is 50.6 Å². The summed E-state index contributed by atoms with van der Waals surface area (Å²) in [6.45, 7) is 3.26. The van der Waals surface area contributed by atoms with Gasteiger partial charge in [-0.3, -0.25) is 9.78 Å². The van der Waals surface area contributed by atoms with Gasteiger partial charge in [0.2, 0.25) is 0 Å². The third-order valence-corrected chi connectivity index (χ3v) is 6.72. The van der Waals surface area contributed by atoms with Gasteiger partial charge in [0.25, 0.3) is 5.91 Å². The van der Waals surface area contributed by atoms with Crippen molar-refractivity contribution in [2.75, 3.05) is 45.2 Å². The highest BCUT2D eigenvalue weighted by Crippen LogP contribution is 2.30. The second-order valence-electron chi connectivity index (χ2n) is 7.80. The van der Waals surface area contributed by atoms with Gasteiger partial charge in [0.15, 0.2) is 0 Å². The number of anilines is 1. The molecule has 1 fully saturated rings. The van der Waals surface area contributed by atoms with Gasteiger partial charge in [-0.25, -0.2) is 9.29 Å². The van der Waals surface area contributed by atoms with Gasteiger partial charge < -0.3 is 9.80 Å². The van der Waals surface area contributed by atoms with Crippen LogP contribution < -0.4 is 4.90 Å². The highest BCUT2D eigenvalue weighted by atomic mass is 35.5. The van der Waals surface area contributed by atoms with Crippen molar-refractivity contribution in [1.82, 2.24) is 19.2 Å². The lowest BCUT2D eigenvalue weighted by Gasteiger charge is -2.34. The number of hydrogen-bond acceptors (Lipinski definition) is 7. The molecule has 2 aromatic heterocycles. The number of aromatic nitrogens is 2. The molecule has 1 amide bonds. The third kappa shape index (κ3) is 5.28. The number of hydrogen-bond donors (Lipinski definition) is 0. The molecule has 0 unspecified atom stereocenters. The number of halogens is 1. The third-order valence-electron chi connectivity index (χ3n) is 5.33. The van der Waals surface area contributed by atoms with E-state index in [1.807, 2.05) is 30.5 Å². The zero-order valence-electron chi connectivity index (χ0n) is 18.4. The quantitative estimate of drug-likeness (QED) is 0.508. The Morgan fingerprint density at radius 1 is 1.12 bits per heavy atom. The molecule has 0 aliphatic carbocycles. The van der Waals surface area contributed by atoms with Gasteiger partial charge in [-0.2, -0.15) is 5.26 Å². The van der Waals surface area contributed by atoms with E-state index >= 15 is 0 Å². The smallest absolute Gasteiger partial charge is 0.254 e. The van der Waals surface area contributed by atoms with Crippen LogP contribution in [0.15, 0.2) is 59.9 Å². The molecular formula is C24H23ClN6OS. The molecule has 0 N–H and O–H groups in total. The summed E-state index contributed by atoms with van der Waals surface area (Å²) < 4.78 is 2.30. The van der Waals surface area contributed by atoms with Crippen LogP contribution in [0.3, 0.4) is 0 Å². The van der Waals surface area contributed by atoms with Crippen molar-refractivity contribution in [2.45, 2.75) is 4.90 Å². The first-order valence-corrected chi connectivity index (χ1v) is 11.6. The van der Waals surface area contributed by atoms with Crippen LogP contribution in [0, 0.1) is 11.3 Å². The fourth-order valence-corrected chi connectivity index (χ4v) is 4.75. The normalized spacial score (nSPS) is 14.1. The van der Waals surface area contributed by atoms with E-state index in [9.17, 15) is 10.1 Å². The molecule has 0 atom stereocenters. The maximum Gasteiger partial charge on any atom is 0.254 e. The standard InChI is InChI=1S/C24H23ClN6OS/c1-29(2)24(32)21-6-5-17(13-22(21)25)19-12-18(14-26)23(28-15-19)30-8-10-31(11-9-30)33-20-4-3-7-27-16-20/h3-7,12-13,15-16H,8-11H2,1-2H3. The Morgan fingerprint density at radius 2 is 1.91 bits per heavy atom. The van der Waals surface area contributed by atoms with Crippen LogP contribution in [-0.4, -0.2) is 65.4 Å². The Balaban J connectivity index is 1.48. The number of benzene rings is 1. The van der Waals surface area contributed by atoms with Crippen molar-refractivity contribution in [3.8, 4) is 17.2 Å². The van der Waals surface area contributed by atoms with Crippen LogP contribution in [0.25, 0.3) is 11.1 Å². The van der Waals surface area contributed by atoms with Gasteiger partial charge >= 0.3 is 0 Å². The molecular weight excluding hydrogens is 456 g/mol. The van der Waals surface area contributed by atoms with E-state index in [0.29, 0.717) is 22.0 Å². The summed E-state index contributed by atoms with van der Waals surface area (Å²) in [5.74, 6) is 0.538. The Kier molecular flexibility index (Phi) is 7.14. The van der Waals surface area contributed by atoms with Gasteiger partial charge in [0.1, 0.15) is 11.9 Å². The van der Waals surface area contributed by atoms with E-state index in [2.05, 4.69) is 25.2 Å². The van der Waals surface area contributed by atoms with Crippen molar-refractivity contribution >= 4 is 35.3 Å². The minimum Gasteiger partial charge on any atom is -0.353 e. The first kappa shape index (κ1) is 23.1. The SMILES string of the molecule is CN(C)C(=O)c1ccc(-c2cnc(N3CCN(Sc4cccnc4)CC3)c(C#N)c2)cc1Cl. The molecule has 7 nitrogen and oxygen atoms in total. The summed E-state index contributed by atoms with van der Waals surface area (Å²) in [6.07, 6.45) is 5.39. The monoisotopic (exact) mass is 478 g/mol. The molecule has 1 saturated heterocycles. The summed E-state index contributed by atoms with van der Waals surface area (Å²) in [5.41, 5.74) is 2.55. The summed E-state index contributed by atoms with van der Waals surface area (Å²) in [5, 5.41) is 10.2. The summed E-state index contributed by atoms with van der Waals surface area (Å²) in [7, 11) is 3.37. The van der Waals surface area contributed by atoms with Crippen molar-refractivity contribution in [3.63, 3.8) is 0 Å². The van der Waals surface area contributed by atoms with Gasteiger partial charge in [-0.15, -0.1) is 0 Å². The highest BCUT2D eigenvalue weighted by Gasteiger charge is 2.22. The van der Waals surface area contributed by atoms with Crippen LogP contribution >= 0.6 is 23.5 Å². The van der Waals surface area contributed by atoms with Crippen molar-refractivity contribution < 1.29 is 4.79 Å². The van der Waals surface area contributed by atoms with Crippen LogP contribution in [0.5, 0.6) is 0 Å². The molecule has 0 radical (unpaired) electrons. The molecule has 3 heterocycles. The van der Waals surface area contributed by atoms with Crippen LogP contribution in [-0.2, 0) is 0 Å². The molecule has 0 spiro atoms. The Hall–Kier alpha value is -3.12. The molecule has 0 bridgehead atoms. The minimum absolute atomic E-state index is 0.154. The Morgan fingerprint density at radius 3 is 2.55 bits per heavy atom. The predicted octanol–water partition coefficient (Wildman–Crippen LogP) is 4.20. The van der Waals surface area contributed by atoms with Gasteiger partial charge in [0.05, 0.1) is 16.1 Å². The summed E-state index contributed by atoms with van der Waals surface area (Å²) in [4.78, 5) is 25.8. The fraction of sp³-hybridized carbons (Fsp3) is 0.250. The summed E-state index contributed by atoms with van der Waals surface area (Å²) >= 11 is 8.06. The number of piperazine rings is 1. The topological polar surface area (TPSA) is 76.4 Å². The second-order valence-corrected chi connectivity index (χ2v) is 9.37. The number of carbonyl (C=O) groups excluding carboxylic acids is 1. The molecule has 1 aromatic carbocycles. The van der Waals surface area contributed by atoms with Gasteiger partial charge in [-0.05, 0) is 47.8 Å². The zero-order valence-corrected chi connectivity index (χ0v) is 20.0. The first-order valence-electron chi connectivity index (χ1n) is 10.5. The van der Waals surface area contributed by atoms with Crippen LogP contribution in [0.4, 0.5) is 5.82 Å². The van der Waals surface area contributed by atoms with E-state index in [0.717, 1.165) is 42.2 Å². The lowest BCUT2D eigenvalue weighted by molar-refractivity contribution is 0.0828. The maximum atomic E-state index is 12.2. The van der Waals surface area contributed by atoms with Crippen molar-refractivity contribution in [3.05, 3.63) is 71.1 Å². The van der Waals surface area contributed by atoms with Crippen LogP contribution in [0.2, 0.25) is 5.02 Å². The van der Waals surface area contributed by atoms with Crippen molar-refractivity contribution in [2.24, 2.45) is 0 Å². The number of pyridine rings is 2. The molecule has 168 valence electrons. The van der Waals surface area contributed by atoms with E-state index in [1.165, 1.54) is 4.90 Å². The average molecular weight is 479 g/mol. The Labute approximate surface area is 202 Å². The first-order chi connectivity index (χ1) is 16.0. The molecule has 33 heavy (non-hydrogen) atoms. The minimum atomic E-state index is -0.154. The Bertz CT molecular complexity index is 1190. The maximum absolute atomic E-state index is 12.2. The van der Waals surface area contributed by atoms with E-state index < -0.39 is 0 Å². The average Bonchev–Trinajstić information content (AvgIpc) is 2.84. The molecule has 3 aromatic rings. The molecule has 1 aliphatic rings. The zero-order chi connectivity index (χ0) is 23.4. The number of carbonyl (C=O) groups is 1. The van der Waals surface area contributed by atoms with Crippen molar-refractivity contribution in [1.29, 1.82) is 5.26 Å². The number of rotatable bonds is 5. The largest absolute Gasteiger partial charge is 0.353 e. The highest BCUT2D eigenvalue weighted by molar-refractivity contribution is 7.97. The molecule has 4 rings (SSSR count). The van der Waals surface area contributed by atoms with E-state index in [4.69, 9.17) is 11.6 Å². The molecule has 0 saturated carbocycles. The fourth-order valence-electron chi connectivity index (χ4n) is 3.60. The lowest BCUT2D eigenvalue weighted by atomic mass is 10.0. The van der Waals surface area contributed by atoms with Gasteiger partial charge in [0, 0.05) is 69.3 Å². The van der Waals surface area contributed by atoms with E-state index in [-0.39, 0.29) is 5.91 Å². The number of amides is 1. The number of nitriles is 1. The lowest BCUT2D eigenvalue weighted by Crippen LogP contribution is -2.44. The molecule has 9 heteroatoms. The second kappa shape index (κ2) is 10.2. The number of nitrogens with zero attached hydrogens (tertiary/aromatic N) is 6. The predicted molar refractivity (Wildman–Crippen MR) is 131 cm³/mol. The molecule has 1 aliphatic heterocycles. The summed E-state index contributed by atoms with van der Waals surface area (Å²) in [6, 6.07) is 13.4. The van der Waals surface area contributed by atoms with Crippen LogP contribution in [0.1, 0.15) is 15.9 Å².